The van der Waals surface area contributed by atoms with Crippen molar-refractivity contribution in [1.82, 2.24) is 4.90 Å². The molecule has 1 aliphatic heterocycles. The Hall–Kier alpha value is -2.82. The predicted molar refractivity (Wildman–Crippen MR) is 115 cm³/mol. The first-order valence-corrected chi connectivity index (χ1v) is 9.95. The van der Waals surface area contributed by atoms with Gasteiger partial charge in [0.25, 0.3) is 11.1 Å². The quantitative estimate of drug-likeness (QED) is 0.482. The molecule has 3 nitrogen and oxygen atoms in total. The summed E-state index contributed by atoms with van der Waals surface area (Å²) in [6, 6.07) is 25.0. The number of benzene rings is 3. The molecule has 1 saturated heterocycles. The molecule has 0 spiro atoms. The van der Waals surface area contributed by atoms with Crippen molar-refractivity contribution in [2.24, 2.45) is 0 Å². The van der Waals surface area contributed by atoms with Crippen molar-refractivity contribution >= 4 is 40.6 Å². The number of carbonyl (C=O) groups is 2. The minimum absolute atomic E-state index is 0.238. The van der Waals surface area contributed by atoms with Gasteiger partial charge in [0.05, 0.1) is 11.4 Å². The first-order valence-electron chi connectivity index (χ1n) is 8.75. The second kappa shape index (κ2) is 8.05. The zero-order valence-electron chi connectivity index (χ0n) is 14.8. The Morgan fingerprint density at radius 2 is 1.43 bits per heavy atom. The Morgan fingerprint density at radius 3 is 2.07 bits per heavy atom. The van der Waals surface area contributed by atoms with Gasteiger partial charge in [-0.3, -0.25) is 14.5 Å². The Kier molecular flexibility index (Phi) is 5.33. The zero-order valence-corrected chi connectivity index (χ0v) is 16.4. The Balaban J connectivity index is 1.51. The minimum Gasteiger partial charge on any atom is -0.268 e. The fourth-order valence-corrected chi connectivity index (χ4v) is 3.93. The van der Waals surface area contributed by atoms with Crippen molar-refractivity contribution in [3.8, 4) is 11.1 Å². The topological polar surface area (TPSA) is 37.4 Å². The van der Waals surface area contributed by atoms with Gasteiger partial charge in [-0.05, 0) is 52.2 Å². The van der Waals surface area contributed by atoms with Crippen molar-refractivity contribution in [1.29, 1.82) is 0 Å². The highest BCUT2D eigenvalue weighted by molar-refractivity contribution is 8.18. The van der Waals surface area contributed by atoms with E-state index >= 15 is 0 Å². The second-order valence-electron chi connectivity index (χ2n) is 6.38. The number of carbonyl (C=O) groups excluding carboxylic acids is 2. The molecule has 0 aromatic heterocycles. The van der Waals surface area contributed by atoms with Crippen LogP contribution in [0.3, 0.4) is 0 Å². The molecule has 0 saturated carbocycles. The van der Waals surface area contributed by atoms with Gasteiger partial charge in [0, 0.05) is 5.02 Å². The number of nitrogens with zero attached hydrogens (tertiary/aromatic N) is 1. The van der Waals surface area contributed by atoms with Gasteiger partial charge in [-0.1, -0.05) is 78.3 Å². The molecular formula is C23H16ClNO2S. The van der Waals surface area contributed by atoms with E-state index in [-0.39, 0.29) is 11.1 Å². The van der Waals surface area contributed by atoms with Crippen molar-refractivity contribution in [3.05, 3.63) is 99.9 Å². The molecule has 4 rings (SSSR count). The number of amides is 2. The van der Waals surface area contributed by atoms with E-state index < -0.39 is 0 Å². The summed E-state index contributed by atoms with van der Waals surface area (Å²) in [5, 5.41) is 0.462. The van der Waals surface area contributed by atoms with Gasteiger partial charge in [-0.25, -0.2) is 0 Å². The largest absolute Gasteiger partial charge is 0.293 e. The van der Waals surface area contributed by atoms with Gasteiger partial charge in [-0.15, -0.1) is 0 Å². The third-order valence-electron chi connectivity index (χ3n) is 4.44. The number of imide groups is 1. The van der Waals surface area contributed by atoms with Gasteiger partial charge in [0.15, 0.2) is 0 Å². The third-order valence-corrected chi connectivity index (χ3v) is 5.60. The highest BCUT2D eigenvalue weighted by Gasteiger charge is 2.34. The molecule has 3 aromatic rings. The lowest BCUT2D eigenvalue weighted by atomic mass is 10.0. The molecule has 0 aliphatic carbocycles. The third kappa shape index (κ3) is 4.03. The first-order chi connectivity index (χ1) is 13.6. The van der Waals surface area contributed by atoms with Crippen LogP contribution in [0.2, 0.25) is 5.02 Å². The van der Waals surface area contributed by atoms with E-state index in [9.17, 15) is 9.59 Å². The number of hydrogen-bond donors (Lipinski definition) is 0. The molecule has 0 unspecified atom stereocenters. The van der Waals surface area contributed by atoms with E-state index in [2.05, 4.69) is 0 Å². The minimum atomic E-state index is -0.249. The Labute approximate surface area is 172 Å². The SMILES string of the molecule is O=C1SC(=Cc2ccc(-c3ccc(Cl)cc3)cc2)C(=O)N1Cc1ccccc1. The van der Waals surface area contributed by atoms with Crippen molar-refractivity contribution < 1.29 is 9.59 Å². The highest BCUT2D eigenvalue weighted by Crippen LogP contribution is 2.33. The fraction of sp³-hybridized carbons (Fsp3) is 0.0435. The lowest BCUT2D eigenvalue weighted by molar-refractivity contribution is -0.123. The van der Waals surface area contributed by atoms with Gasteiger partial charge in [-0.2, -0.15) is 0 Å². The Morgan fingerprint density at radius 1 is 0.821 bits per heavy atom. The molecule has 1 heterocycles. The summed E-state index contributed by atoms with van der Waals surface area (Å²) in [6.07, 6.45) is 1.77. The smallest absolute Gasteiger partial charge is 0.268 e. The molecule has 0 radical (unpaired) electrons. The van der Waals surface area contributed by atoms with Crippen LogP contribution in [0.4, 0.5) is 4.79 Å². The average Bonchev–Trinajstić information content (AvgIpc) is 2.97. The fourth-order valence-electron chi connectivity index (χ4n) is 2.97. The van der Waals surface area contributed by atoms with Crippen molar-refractivity contribution in [2.75, 3.05) is 0 Å². The molecular weight excluding hydrogens is 390 g/mol. The van der Waals surface area contributed by atoms with E-state index in [1.54, 1.807) is 6.08 Å². The lowest BCUT2D eigenvalue weighted by Crippen LogP contribution is -2.27. The molecule has 5 heteroatoms. The van der Waals surface area contributed by atoms with Crippen molar-refractivity contribution in [3.63, 3.8) is 0 Å². The van der Waals surface area contributed by atoms with E-state index in [0.29, 0.717) is 16.5 Å². The molecule has 0 N–H and O–H groups in total. The molecule has 1 fully saturated rings. The maximum atomic E-state index is 12.6. The molecule has 3 aromatic carbocycles. The molecule has 2 amide bonds. The molecule has 1 aliphatic rings. The number of rotatable bonds is 4. The lowest BCUT2D eigenvalue weighted by Gasteiger charge is -2.12. The van der Waals surface area contributed by atoms with Crippen LogP contribution in [0, 0.1) is 0 Å². The van der Waals surface area contributed by atoms with E-state index in [0.717, 1.165) is 34.0 Å². The molecule has 138 valence electrons. The predicted octanol–water partition coefficient (Wildman–Crippen LogP) is 6.24. The van der Waals surface area contributed by atoms with Gasteiger partial charge in [0.1, 0.15) is 0 Å². The summed E-state index contributed by atoms with van der Waals surface area (Å²) < 4.78 is 0. The number of hydrogen-bond acceptors (Lipinski definition) is 3. The van der Waals surface area contributed by atoms with Gasteiger partial charge >= 0.3 is 0 Å². The summed E-state index contributed by atoms with van der Waals surface area (Å²) in [5.41, 5.74) is 3.94. The number of halogens is 1. The second-order valence-corrected chi connectivity index (χ2v) is 7.81. The van der Waals surface area contributed by atoms with Crippen LogP contribution in [0.1, 0.15) is 11.1 Å². The Bertz CT molecular complexity index is 1040. The van der Waals surface area contributed by atoms with E-state index in [1.165, 1.54) is 4.90 Å². The molecule has 0 bridgehead atoms. The van der Waals surface area contributed by atoms with Crippen LogP contribution in [0.5, 0.6) is 0 Å². The van der Waals surface area contributed by atoms with Crippen LogP contribution in [0.25, 0.3) is 17.2 Å². The zero-order chi connectivity index (χ0) is 19.5. The standard InChI is InChI=1S/C23H16ClNO2S/c24-20-12-10-19(11-13-20)18-8-6-16(7-9-18)14-21-22(26)25(23(27)28-21)15-17-4-2-1-3-5-17/h1-14H,15H2. The summed E-state index contributed by atoms with van der Waals surface area (Å²) in [4.78, 5) is 26.7. The normalized spacial score (nSPS) is 15.5. The monoisotopic (exact) mass is 405 g/mol. The summed E-state index contributed by atoms with van der Waals surface area (Å²) in [7, 11) is 0. The summed E-state index contributed by atoms with van der Waals surface area (Å²) in [6.45, 7) is 0.290. The molecule has 0 atom stereocenters. The van der Waals surface area contributed by atoms with Crippen LogP contribution in [-0.4, -0.2) is 16.0 Å². The summed E-state index contributed by atoms with van der Waals surface area (Å²) >= 11 is 6.92. The highest BCUT2D eigenvalue weighted by atomic mass is 35.5. The average molecular weight is 406 g/mol. The first kappa shape index (κ1) is 18.5. The van der Waals surface area contributed by atoms with Gasteiger partial charge < -0.3 is 0 Å². The maximum absolute atomic E-state index is 12.6. The van der Waals surface area contributed by atoms with Gasteiger partial charge in [0.2, 0.25) is 0 Å². The van der Waals surface area contributed by atoms with Crippen LogP contribution >= 0.6 is 23.4 Å². The van der Waals surface area contributed by atoms with Crippen molar-refractivity contribution in [2.45, 2.75) is 6.54 Å². The van der Waals surface area contributed by atoms with Crippen LogP contribution < -0.4 is 0 Å². The number of thioether (sulfide) groups is 1. The van der Waals surface area contributed by atoms with Crippen LogP contribution in [-0.2, 0) is 11.3 Å². The molecule has 28 heavy (non-hydrogen) atoms. The van der Waals surface area contributed by atoms with E-state index in [4.69, 9.17) is 11.6 Å². The van der Waals surface area contributed by atoms with Crippen LogP contribution in [0.15, 0.2) is 83.8 Å². The maximum Gasteiger partial charge on any atom is 0.293 e. The van der Waals surface area contributed by atoms with E-state index in [1.807, 2.05) is 78.9 Å². The summed E-state index contributed by atoms with van der Waals surface area (Å²) in [5.74, 6) is -0.249.